The topological polar surface area (TPSA) is 85.0 Å². The van der Waals surface area contributed by atoms with Crippen LogP contribution >= 0.6 is 0 Å². The number of rotatable bonds is 4. The molecule has 1 aromatic carbocycles. The van der Waals surface area contributed by atoms with Crippen molar-refractivity contribution in [2.75, 3.05) is 17.7 Å². The van der Waals surface area contributed by atoms with Gasteiger partial charge < -0.3 is 10.6 Å². The van der Waals surface area contributed by atoms with Crippen molar-refractivity contribution < 1.29 is 4.92 Å². The van der Waals surface area contributed by atoms with E-state index in [0.717, 1.165) is 0 Å². The molecule has 18 heavy (non-hydrogen) atoms. The van der Waals surface area contributed by atoms with E-state index in [9.17, 15) is 10.1 Å². The summed E-state index contributed by atoms with van der Waals surface area (Å²) >= 11 is 0. The molecule has 7 heteroatoms. The van der Waals surface area contributed by atoms with Crippen LogP contribution < -0.4 is 10.6 Å². The van der Waals surface area contributed by atoms with Gasteiger partial charge in [0.05, 0.1) is 4.92 Å². The van der Waals surface area contributed by atoms with Crippen molar-refractivity contribution >= 4 is 22.9 Å². The number of aryl methyl sites for hydroxylation is 1. The lowest BCUT2D eigenvalue weighted by Crippen LogP contribution is -2.02. The number of hydrogen-bond acceptors (Lipinski definition) is 5. The Hall–Kier alpha value is -2.57. The molecule has 0 saturated heterocycles. The average molecular weight is 247 g/mol. The lowest BCUT2D eigenvalue weighted by molar-refractivity contribution is -0.383. The smallest absolute Gasteiger partial charge is 0.315 e. The van der Waals surface area contributed by atoms with Crippen molar-refractivity contribution in [2.45, 2.75) is 0 Å². The van der Waals surface area contributed by atoms with Crippen LogP contribution in [-0.4, -0.2) is 21.8 Å². The summed E-state index contributed by atoms with van der Waals surface area (Å²) < 4.78 is 1.62. The van der Waals surface area contributed by atoms with Crippen LogP contribution in [0.25, 0.3) is 0 Å². The van der Waals surface area contributed by atoms with E-state index in [4.69, 9.17) is 0 Å². The Kier molecular flexibility index (Phi) is 3.13. The highest BCUT2D eigenvalue weighted by atomic mass is 16.6. The molecule has 0 amide bonds. The van der Waals surface area contributed by atoms with Gasteiger partial charge in [0.25, 0.3) is 0 Å². The Morgan fingerprint density at radius 3 is 2.61 bits per heavy atom. The molecule has 0 saturated carbocycles. The molecule has 0 aliphatic carbocycles. The SMILES string of the molecule is CNc1cccc(Nc2ccn(C)n2)c1[N+](=O)[O-]. The number of para-hydroxylation sites is 1. The first-order valence-electron chi connectivity index (χ1n) is 5.33. The molecular formula is C11H13N5O2. The molecule has 0 bridgehead atoms. The summed E-state index contributed by atoms with van der Waals surface area (Å²) in [5.41, 5.74) is 0.872. The third-order valence-corrected chi connectivity index (χ3v) is 2.46. The molecule has 7 nitrogen and oxygen atoms in total. The fraction of sp³-hybridized carbons (Fsp3) is 0.182. The third-order valence-electron chi connectivity index (χ3n) is 2.46. The number of aromatic nitrogens is 2. The number of hydrogen-bond donors (Lipinski definition) is 2. The predicted molar refractivity (Wildman–Crippen MR) is 69.1 cm³/mol. The molecule has 0 aliphatic heterocycles. The fourth-order valence-corrected chi connectivity index (χ4v) is 1.66. The molecular weight excluding hydrogens is 234 g/mol. The second-order valence-corrected chi connectivity index (χ2v) is 3.71. The molecule has 0 radical (unpaired) electrons. The van der Waals surface area contributed by atoms with Gasteiger partial charge in [-0.1, -0.05) is 6.07 Å². The van der Waals surface area contributed by atoms with Crippen molar-refractivity contribution in [3.8, 4) is 0 Å². The summed E-state index contributed by atoms with van der Waals surface area (Å²) in [6.07, 6.45) is 1.76. The van der Waals surface area contributed by atoms with Gasteiger partial charge in [0.1, 0.15) is 11.4 Å². The highest BCUT2D eigenvalue weighted by molar-refractivity contribution is 5.78. The molecule has 2 aromatic rings. The van der Waals surface area contributed by atoms with Gasteiger partial charge in [-0.3, -0.25) is 14.8 Å². The van der Waals surface area contributed by atoms with Crippen LogP contribution in [-0.2, 0) is 7.05 Å². The first-order chi connectivity index (χ1) is 8.61. The van der Waals surface area contributed by atoms with Gasteiger partial charge >= 0.3 is 5.69 Å². The van der Waals surface area contributed by atoms with Crippen LogP contribution in [0.2, 0.25) is 0 Å². The van der Waals surface area contributed by atoms with Gasteiger partial charge in [-0.15, -0.1) is 0 Å². The minimum absolute atomic E-state index is 0.00523. The van der Waals surface area contributed by atoms with E-state index < -0.39 is 4.92 Å². The maximum absolute atomic E-state index is 11.1. The lowest BCUT2D eigenvalue weighted by Gasteiger charge is -2.07. The number of nitro benzene ring substituents is 1. The summed E-state index contributed by atoms with van der Waals surface area (Å²) in [5.74, 6) is 0.564. The van der Waals surface area contributed by atoms with Gasteiger partial charge in [0, 0.05) is 26.4 Å². The van der Waals surface area contributed by atoms with Crippen LogP contribution in [0.1, 0.15) is 0 Å². The maximum Gasteiger partial charge on any atom is 0.315 e. The van der Waals surface area contributed by atoms with Crippen LogP contribution in [0, 0.1) is 10.1 Å². The minimum atomic E-state index is -0.420. The number of nitrogens with zero attached hydrogens (tertiary/aromatic N) is 3. The monoisotopic (exact) mass is 247 g/mol. The largest absolute Gasteiger partial charge is 0.382 e. The molecule has 0 atom stereocenters. The summed E-state index contributed by atoms with van der Waals surface area (Å²) in [6.45, 7) is 0. The van der Waals surface area contributed by atoms with E-state index in [2.05, 4.69) is 15.7 Å². The third kappa shape index (κ3) is 2.24. The maximum atomic E-state index is 11.1. The number of benzene rings is 1. The fourth-order valence-electron chi connectivity index (χ4n) is 1.66. The Morgan fingerprint density at radius 1 is 1.33 bits per heavy atom. The summed E-state index contributed by atoms with van der Waals surface area (Å²) in [7, 11) is 3.43. The van der Waals surface area contributed by atoms with Gasteiger partial charge in [0.2, 0.25) is 0 Å². The van der Waals surface area contributed by atoms with Crippen LogP contribution in [0.4, 0.5) is 22.9 Å². The van der Waals surface area contributed by atoms with E-state index in [1.54, 1.807) is 49.2 Å². The van der Waals surface area contributed by atoms with Crippen molar-refractivity contribution in [3.05, 3.63) is 40.6 Å². The Bertz CT molecular complexity index is 579. The summed E-state index contributed by atoms with van der Waals surface area (Å²) in [5, 5.41) is 21.0. The first kappa shape index (κ1) is 11.9. The van der Waals surface area contributed by atoms with Crippen molar-refractivity contribution in [2.24, 2.45) is 7.05 Å². The highest BCUT2D eigenvalue weighted by Crippen LogP contribution is 2.33. The second kappa shape index (κ2) is 4.74. The van der Waals surface area contributed by atoms with Gasteiger partial charge in [0.15, 0.2) is 5.82 Å². The normalized spacial score (nSPS) is 10.1. The van der Waals surface area contributed by atoms with Gasteiger partial charge in [-0.2, -0.15) is 5.10 Å². The standard InChI is InChI=1S/C11H13N5O2/c1-12-8-4-3-5-9(11(8)16(17)18)13-10-6-7-15(2)14-10/h3-7,12H,1-2H3,(H,13,14). The highest BCUT2D eigenvalue weighted by Gasteiger charge is 2.19. The zero-order valence-electron chi connectivity index (χ0n) is 10.0. The Morgan fingerprint density at radius 2 is 2.06 bits per heavy atom. The molecule has 1 aromatic heterocycles. The molecule has 0 fully saturated rings. The van der Waals surface area contributed by atoms with E-state index in [1.165, 1.54) is 0 Å². The minimum Gasteiger partial charge on any atom is -0.382 e. The van der Waals surface area contributed by atoms with Crippen LogP contribution in [0.15, 0.2) is 30.5 Å². The predicted octanol–water partition coefficient (Wildman–Crippen LogP) is 2.11. The van der Waals surface area contributed by atoms with E-state index in [1.807, 2.05) is 0 Å². The lowest BCUT2D eigenvalue weighted by atomic mass is 10.2. The zero-order chi connectivity index (χ0) is 13.1. The summed E-state index contributed by atoms with van der Waals surface area (Å²) in [6, 6.07) is 6.79. The van der Waals surface area contributed by atoms with E-state index in [-0.39, 0.29) is 5.69 Å². The Labute approximate surface area is 104 Å². The molecule has 94 valence electrons. The van der Waals surface area contributed by atoms with Crippen molar-refractivity contribution in [1.82, 2.24) is 9.78 Å². The van der Waals surface area contributed by atoms with Crippen LogP contribution in [0.3, 0.4) is 0 Å². The number of nitrogens with one attached hydrogen (secondary N) is 2. The molecule has 0 spiro atoms. The van der Waals surface area contributed by atoms with Gasteiger partial charge in [-0.05, 0) is 12.1 Å². The average Bonchev–Trinajstić information content (AvgIpc) is 2.74. The van der Waals surface area contributed by atoms with E-state index in [0.29, 0.717) is 17.2 Å². The zero-order valence-corrected chi connectivity index (χ0v) is 10.0. The van der Waals surface area contributed by atoms with Crippen molar-refractivity contribution in [1.29, 1.82) is 0 Å². The van der Waals surface area contributed by atoms with Crippen molar-refractivity contribution in [3.63, 3.8) is 0 Å². The molecule has 0 unspecified atom stereocenters. The van der Waals surface area contributed by atoms with E-state index >= 15 is 0 Å². The quantitative estimate of drug-likeness (QED) is 0.638. The molecule has 0 aliphatic rings. The Balaban J connectivity index is 2.41. The van der Waals surface area contributed by atoms with Gasteiger partial charge in [-0.25, -0.2) is 0 Å². The summed E-state index contributed by atoms with van der Waals surface area (Å²) in [4.78, 5) is 10.7. The number of anilines is 3. The molecule has 2 N–H and O–H groups in total. The second-order valence-electron chi connectivity index (χ2n) is 3.71. The number of nitro groups is 1. The molecule has 2 rings (SSSR count). The molecule has 1 heterocycles. The first-order valence-corrected chi connectivity index (χ1v) is 5.33. The van der Waals surface area contributed by atoms with Crippen LogP contribution in [0.5, 0.6) is 0 Å².